The van der Waals surface area contributed by atoms with Crippen molar-refractivity contribution in [3.63, 3.8) is 0 Å². The molecule has 1 aliphatic heterocycles. The fourth-order valence-corrected chi connectivity index (χ4v) is 6.83. The van der Waals surface area contributed by atoms with Crippen molar-refractivity contribution < 1.29 is 31.5 Å². The van der Waals surface area contributed by atoms with Crippen molar-refractivity contribution in [3.8, 4) is 0 Å². The summed E-state index contributed by atoms with van der Waals surface area (Å²) >= 11 is 0. The van der Waals surface area contributed by atoms with Gasteiger partial charge >= 0.3 is 12.1 Å². The minimum absolute atomic E-state index is 0.0565. The van der Waals surface area contributed by atoms with Crippen LogP contribution in [0, 0.1) is 0 Å². The molecule has 4 rings (SSSR count). The number of piperazine rings is 1. The molecule has 3 atom stereocenters. The van der Waals surface area contributed by atoms with E-state index in [1.165, 1.54) is 24.3 Å². The van der Waals surface area contributed by atoms with Gasteiger partial charge in [0.1, 0.15) is 11.2 Å². The van der Waals surface area contributed by atoms with E-state index in [1.54, 1.807) is 6.07 Å². The Hall–Kier alpha value is -2.92. The number of aromatic nitrogens is 1. The maximum absolute atomic E-state index is 13.7. The van der Waals surface area contributed by atoms with Gasteiger partial charge in [0, 0.05) is 31.9 Å². The Balaban J connectivity index is 1.57. The van der Waals surface area contributed by atoms with E-state index in [9.17, 15) is 31.5 Å². The van der Waals surface area contributed by atoms with Crippen LogP contribution in [0.1, 0.15) is 42.4 Å². The van der Waals surface area contributed by atoms with Crippen molar-refractivity contribution in [2.45, 2.75) is 54.6 Å². The van der Waals surface area contributed by atoms with Crippen LogP contribution in [-0.2, 0) is 27.2 Å². The molecule has 0 saturated carbocycles. The lowest BCUT2D eigenvalue weighted by molar-refractivity contribution is -0.139. The maximum Gasteiger partial charge on any atom is 0.417 e. The lowest BCUT2D eigenvalue weighted by Gasteiger charge is -2.44. The number of aryl methyl sites for hydroxylation is 1. The largest absolute Gasteiger partial charge is 0.481 e. The summed E-state index contributed by atoms with van der Waals surface area (Å²) in [5.74, 6) is -1.29. The maximum atomic E-state index is 13.7. The standard InChI is InChI=1S/C25H28F3N3O4S/c1-3-18-15-30(22-10-7-17(14-29-22)25(26,27)28)11-12-31(18)23(4-2)36(34,35)19-8-5-16-6-9-20(24(32)33)21(16)13-19/h4-5,7-8,10,13-14,18,20,23H,2-3,6,9,11-12,15H2,1H3,(H,32,33). The van der Waals surface area contributed by atoms with Crippen LogP contribution in [0.3, 0.4) is 0 Å². The van der Waals surface area contributed by atoms with Gasteiger partial charge in [-0.05, 0) is 54.7 Å². The molecule has 2 aliphatic rings. The van der Waals surface area contributed by atoms with Crippen molar-refractivity contribution in [2.24, 2.45) is 0 Å². The number of fused-ring (bicyclic) bond motifs is 1. The Kier molecular flexibility index (Phi) is 7.16. The Morgan fingerprint density at radius 2 is 2.03 bits per heavy atom. The highest BCUT2D eigenvalue weighted by Gasteiger charge is 2.39. The normalized spacial score (nSPS) is 21.7. The van der Waals surface area contributed by atoms with E-state index in [0.717, 1.165) is 17.8 Å². The number of benzene rings is 1. The predicted octanol–water partition coefficient (Wildman–Crippen LogP) is 4.10. The van der Waals surface area contributed by atoms with E-state index >= 15 is 0 Å². The van der Waals surface area contributed by atoms with Gasteiger partial charge in [0.05, 0.1) is 16.4 Å². The molecule has 7 nitrogen and oxygen atoms in total. The molecule has 0 spiro atoms. The Morgan fingerprint density at radius 3 is 2.61 bits per heavy atom. The van der Waals surface area contributed by atoms with Gasteiger partial charge in [-0.3, -0.25) is 9.69 Å². The smallest absolute Gasteiger partial charge is 0.417 e. The minimum atomic E-state index is -4.47. The van der Waals surface area contributed by atoms with Crippen LogP contribution in [0.2, 0.25) is 0 Å². The van der Waals surface area contributed by atoms with Crippen molar-refractivity contribution in [3.05, 3.63) is 65.9 Å². The molecule has 1 saturated heterocycles. The van der Waals surface area contributed by atoms with Crippen LogP contribution in [-0.4, -0.2) is 60.4 Å². The molecular formula is C25H28F3N3O4S. The molecular weight excluding hydrogens is 495 g/mol. The second-order valence-electron chi connectivity index (χ2n) is 9.11. The van der Waals surface area contributed by atoms with E-state index in [0.29, 0.717) is 50.3 Å². The lowest BCUT2D eigenvalue weighted by Crippen LogP contribution is -2.57. The third-order valence-electron chi connectivity index (χ3n) is 7.07. The highest BCUT2D eigenvalue weighted by atomic mass is 32.2. The number of alkyl halides is 3. The zero-order valence-corrected chi connectivity index (χ0v) is 20.6. The molecule has 2 heterocycles. The van der Waals surface area contributed by atoms with Crippen LogP contribution in [0.4, 0.5) is 19.0 Å². The molecule has 1 aromatic heterocycles. The van der Waals surface area contributed by atoms with Gasteiger partial charge in [-0.1, -0.05) is 19.1 Å². The van der Waals surface area contributed by atoms with Crippen LogP contribution in [0.5, 0.6) is 0 Å². The molecule has 1 aromatic carbocycles. The van der Waals surface area contributed by atoms with Gasteiger partial charge < -0.3 is 10.0 Å². The first-order chi connectivity index (χ1) is 17.0. The summed E-state index contributed by atoms with van der Waals surface area (Å²) in [6.45, 7) is 6.79. The number of rotatable bonds is 7. The zero-order chi connectivity index (χ0) is 26.3. The van der Waals surface area contributed by atoms with Gasteiger partial charge in [-0.25, -0.2) is 13.4 Å². The van der Waals surface area contributed by atoms with E-state index in [1.807, 2.05) is 16.7 Å². The molecule has 2 aromatic rings. The van der Waals surface area contributed by atoms with Gasteiger partial charge in [0.25, 0.3) is 0 Å². The van der Waals surface area contributed by atoms with E-state index < -0.39 is 38.8 Å². The van der Waals surface area contributed by atoms with E-state index in [2.05, 4.69) is 11.6 Å². The Bertz CT molecular complexity index is 1250. The average molecular weight is 524 g/mol. The van der Waals surface area contributed by atoms with Gasteiger partial charge in [0.15, 0.2) is 9.84 Å². The molecule has 0 amide bonds. The fraction of sp³-hybridized carbons (Fsp3) is 0.440. The molecule has 0 radical (unpaired) electrons. The van der Waals surface area contributed by atoms with Crippen molar-refractivity contribution in [2.75, 3.05) is 24.5 Å². The summed E-state index contributed by atoms with van der Waals surface area (Å²) in [6.07, 6.45) is -0.651. The first kappa shape index (κ1) is 26.2. The monoisotopic (exact) mass is 523 g/mol. The molecule has 36 heavy (non-hydrogen) atoms. The second-order valence-corrected chi connectivity index (χ2v) is 11.2. The van der Waals surface area contributed by atoms with Crippen LogP contribution < -0.4 is 4.90 Å². The minimum Gasteiger partial charge on any atom is -0.481 e. The number of nitrogens with zero attached hydrogens (tertiary/aromatic N) is 3. The predicted molar refractivity (Wildman–Crippen MR) is 129 cm³/mol. The summed E-state index contributed by atoms with van der Waals surface area (Å²) in [7, 11) is -3.91. The second kappa shape index (κ2) is 9.85. The van der Waals surface area contributed by atoms with Crippen molar-refractivity contribution in [1.82, 2.24) is 9.88 Å². The topological polar surface area (TPSA) is 90.8 Å². The average Bonchev–Trinajstić information content (AvgIpc) is 3.28. The lowest BCUT2D eigenvalue weighted by atomic mass is 10.0. The first-order valence-electron chi connectivity index (χ1n) is 11.7. The fourth-order valence-electron chi connectivity index (χ4n) is 5.11. The zero-order valence-electron chi connectivity index (χ0n) is 19.8. The van der Waals surface area contributed by atoms with E-state index in [4.69, 9.17) is 0 Å². The number of carbonyl (C=O) groups is 1. The summed E-state index contributed by atoms with van der Waals surface area (Å²) in [6, 6.07) is 6.80. The SMILES string of the molecule is C=CC(N1CCN(c2ccc(C(F)(F)F)cn2)CC1CC)S(=O)(=O)c1ccc2c(c1)C(C(=O)O)CC2. The number of halogens is 3. The third-order valence-corrected chi connectivity index (χ3v) is 9.08. The van der Waals surface area contributed by atoms with Crippen molar-refractivity contribution in [1.29, 1.82) is 0 Å². The van der Waals surface area contributed by atoms with Crippen LogP contribution in [0.15, 0.2) is 54.1 Å². The Labute approximate surface area is 208 Å². The highest BCUT2D eigenvalue weighted by Crippen LogP contribution is 2.36. The summed E-state index contributed by atoms with van der Waals surface area (Å²) in [4.78, 5) is 19.3. The van der Waals surface area contributed by atoms with Crippen LogP contribution >= 0.6 is 0 Å². The molecule has 11 heteroatoms. The molecule has 1 N–H and O–H groups in total. The van der Waals surface area contributed by atoms with Crippen LogP contribution in [0.25, 0.3) is 0 Å². The summed E-state index contributed by atoms with van der Waals surface area (Å²) in [5.41, 5.74) is 0.562. The summed E-state index contributed by atoms with van der Waals surface area (Å²) in [5, 5.41) is 8.48. The van der Waals surface area contributed by atoms with Gasteiger partial charge in [0.2, 0.25) is 0 Å². The first-order valence-corrected chi connectivity index (χ1v) is 13.3. The molecule has 1 fully saturated rings. The quantitative estimate of drug-likeness (QED) is 0.547. The van der Waals surface area contributed by atoms with E-state index in [-0.39, 0.29) is 10.9 Å². The molecule has 0 bridgehead atoms. The number of anilines is 1. The molecule has 3 unspecified atom stereocenters. The van der Waals surface area contributed by atoms with Crippen molar-refractivity contribution >= 4 is 21.6 Å². The number of carboxylic acid groups (broad SMARTS) is 1. The molecule has 1 aliphatic carbocycles. The molecule has 194 valence electrons. The van der Waals surface area contributed by atoms with Gasteiger partial charge in [-0.15, -0.1) is 6.58 Å². The number of hydrogen-bond donors (Lipinski definition) is 1. The number of pyridine rings is 1. The summed E-state index contributed by atoms with van der Waals surface area (Å²) < 4.78 is 66.0. The number of hydrogen-bond acceptors (Lipinski definition) is 6. The number of carboxylic acids is 1. The number of aliphatic carboxylic acids is 1. The Morgan fingerprint density at radius 1 is 1.28 bits per heavy atom. The van der Waals surface area contributed by atoms with Gasteiger partial charge in [-0.2, -0.15) is 13.2 Å². The third kappa shape index (κ3) is 4.86. The number of sulfone groups is 1. The highest BCUT2D eigenvalue weighted by molar-refractivity contribution is 7.92.